The Morgan fingerprint density at radius 2 is 1.73 bits per heavy atom. The average Bonchev–Trinajstić information content (AvgIpc) is 3.38. The van der Waals surface area contributed by atoms with Crippen molar-refractivity contribution in [1.82, 2.24) is 14.6 Å². The monoisotopic (exact) mass is 569 g/mol. The SMILES string of the molecule is O=C1c2ccccc2C(O)N1CCS(=O)(=O)NCC1CC(c2c(-c3ccc(F)cc3)[nH]c3c(F)cc(F)cc23)C1. The van der Waals surface area contributed by atoms with Crippen LogP contribution < -0.4 is 4.72 Å². The van der Waals surface area contributed by atoms with Gasteiger partial charge in [0.1, 0.15) is 17.5 Å². The van der Waals surface area contributed by atoms with E-state index in [2.05, 4.69) is 9.71 Å². The largest absolute Gasteiger partial charge is 0.369 e. The quantitative estimate of drug-likeness (QED) is 0.283. The first kappa shape index (κ1) is 26.5. The van der Waals surface area contributed by atoms with Crippen LogP contribution in [0.1, 0.15) is 46.5 Å². The van der Waals surface area contributed by atoms with E-state index >= 15 is 0 Å². The number of nitrogens with one attached hydrogen (secondary N) is 2. The zero-order valence-electron chi connectivity index (χ0n) is 21.2. The van der Waals surface area contributed by atoms with Gasteiger partial charge < -0.3 is 15.0 Å². The van der Waals surface area contributed by atoms with Gasteiger partial charge in [0.15, 0.2) is 6.23 Å². The molecule has 0 saturated heterocycles. The second-order valence-electron chi connectivity index (χ2n) is 10.4. The number of aliphatic hydroxyl groups is 1. The van der Waals surface area contributed by atoms with Gasteiger partial charge in [0.2, 0.25) is 10.0 Å². The number of carbonyl (C=O) groups is 1. The molecule has 2 aliphatic rings. The molecule has 1 unspecified atom stereocenters. The van der Waals surface area contributed by atoms with Crippen molar-refractivity contribution in [2.75, 3.05) is 18.8 Å². The maximum absolute atomic E-state index is 14.6. The fourth-order valence-electron chi connectivity index (χ4n) is 5.76. The second-order valence-corrected chi connectivity index (χ2v) is 12.3. The molecule has 3 N–H and O–H groups in total. The van der Waals surface area contributed by atoms with Gasteiger partial charge in [-0.3, -0.25) is 4.79 Å². The Morgan fingerprint density at radius 1 is 1.00 bits per heavy atom. The number of halogens is 3. The van der Waals surface area contributed by atoms with E-state index in [-0.39, 0.29) is 36.2 Å². The number of aromatic nitrogens is 1. The Bertz CT molecular complexity index is 1720. The molecule has 1 amide bonds. The zero-order valence-corrected chi connectivity index (χ0v) is 22.0. The summed E-state index contributed by atoms with van der Waals surface area (Å²) in [7, 11) is -3.74. The normalized spacial score (nSPS) is 20.6. The van der Waals surface area contributed by atoms with E-state index in [1.165, 1.54) is 18.2 Å². The lowest BCUT2D eigenvalue weighted by Gasteiger charge is -2.36. The Hall–Kier alpha value is -3.67. The maximum atomic E-state index is 14.6. The number of amides is 1. The molecule has 0 radical (unpaired) electrons. The van der Waals surface area contributed by atoms with Crippen molar-refractivity contribution in [3.63, 3.8) is 0 Å². The van der Waals surface area contributed by atoms with E-state index in [0.29, 0.717) is 40.6 Å². The second kappa shape index (κ2) is 10.1. The molecule has 40 heavy (non-hydrogen) atoms. The summed E-state index contributed by atoms with van der Waals surface area (Å²) in [6.07, 6.45) is -0.0200. The third-order valence-electron chi connectivity index (χ3n) is 7.86. The van der Waals surface area contributed by atoms with Crippen LogP contribution in [-0.4, -0.2) is 48.2 Å². The number of hydrogen-bond acceptors (Lipinski definition) is 4. The minimum Gasteiger partial charge on any atom is -0.369 e. The van der Waals surface area contributed by atoms with Crippen molar-refractivity contribution in [1.29, 1.82) is 0 Å². The third-order valence-corrected chi connectivity index (χ3v) is 9.19. The molecule has 3 aromatic carbocycles. The molecule has 4 aromatic rings. The number of fused-ring (bicyclic) bond motifs is 2. The van der Waals surface area contributed by atoms with E-state index in [0.717, 1.165) is 16.5 Å². The van der Waals surface area contributed by atoms with E-state index < -0.39 is 39.6 Å². The lowest BCUT2D eigenvalue weighted by atomic mass is 9.70. The molecule has 1 aromatic heterocycles. The molecule has 1 fully saturated rings. The molecular formula is C29H26F3N3O4S. The van der Waals surface area contributed by atoms with E-state index in [1.54, 1.807) is 36.4 Å². The van der Waals surface area contributed by atoms with Crippen LogP contribution in [0.2, 0.25) is 0 Å². The molecule has 7 nitrogen and oxygen atoms in total. The van der Waals surface area contributed by atoms with Gasteiger partial charge in [0.25, 0.3) is 5.91 Å². The summed E-state index contributed by atoms with van der Waals surface area (Å²) in [6, 6.07) is 14.4. The summed E-state index contributed by atoms with van der Waals surface area (Å²) < 4.78 is 70.3. The third kappa shape index (κ3) is 4.78. The van der Waals surface area contributed by atoms with Crippen LogP contribution in [0.25, 0.3) is 22.2 Å². The highest BCUT2D eigenvalue weighted by Crippen LogP contribution is 2.48. The molecule has 0 spiro atoms. The number of H-pyrrole nitrogens is 1. The highest BCUT2D eigenvalue weighted by Gasteiger charge is 2.37. The summed E-state index contributed by atoms with van der Waals surface area (Å²) in [5, 5.41) is 10.9. The van der Waals surface area contributed by atoms with Crippen molar-refractivity contribution < 1.29 is 31.5 Å². The molecule has 1 aliphatic carbocycles. The van der Waals surface area contributed by atoms with Gasteiger partial charge >= 0.3 is 0 Å². The molecule has 0 bridgehead atoms. The fourth-order valence-corrected chi connectivity index (χ4v) is 6.83. The van der Waals surface area contributed by atoms with Crippen LogP contribution >= 0.6 is 0 Å². The van der Waals surface area contributed by atoms with Crippen molar-refractivity contribution in [2.45, 2.75) is 25.0 Å². The predicted molar refractivity (Wildman–Crippen MR) is 143 cm³/mol. The van der Waals surface area contributed by atoms with E-state index in [9.17, 15) is 31.5 Å². The summed E-state index contributed by atoms with van der Waals surface area (Å²) in [4.78, 5) is 16.7. The Kier molecular flexibility index (Phi) is 6.68. The minimum absolute atomic E-state index is 0.00698. The fraction of sp³-hybridized carbons (Fsp3) is 0.276. The van der Waals surface area contributed by atoms with Crippen LogP contribution in [-0.2, 0) is 10.0 Å². The van der Waals surface area contributed by atoms with Gasteiger partial charge in [0, 0.05) is 35.7 Å². The first-order valence-corrected chi connectivity index (χ1v) is 14.6. The van der Waals surface area contributed by atoms with Gasteiger partial charge in [-0.15, -0.1) is 0 Å². The molecule has 1 atom stereocenters. The zero-order chi connectivity index (χ0) is 28.2. The maximum Gasteiger partial charge on any atom is 0.256 e. The first-order chi connectivity index (χ1) is 19.1. The summed E-state index contributed by atoms with van der Waals surface area (Å²) >= 11 is 0. The number of aromatic amines is 1. The molecule has 1 aliphatic heterocycles. The lowest BCUT2D eigenvalue weighted by molar-refractivity contribution is 0.0206. The first-order valence-electron chi connectivity index (χ1n) is 12.9. The molecule has 2 heterocycles. The van der Waals surface area contributed by atoms with Crippen molar-refractivity contribution in [2.24, 2.45) is 5.92 Å². The molecule has 11 heteroatoms. The lowest BCUT2D eigenvalue weighted by Crippen LogP contribution is -2.40. The number of nitrogens with zero attached hydrogens (tertiary/aromatic N) is 1. The van der Waals surface area contributed by atoms with Gasteiger partial charge in [-0.1, -0.05) is 18.2 Å². The summed E-state index contributed by atoms with van der Waals surface area (Å²) in [6.45, 7) is 0.0112. The Morgan fingerprint density at radius 3 is 2.45 bits per heavy atom. The van der Waals surface area contributed by atoms with Crippen LogP contribution in [0, 0.1) is 23.4 Å². The highest BCUT2D eigenvalue weighted by atomic mass is 32.2. The standard InChI is InChI=1S/C29H26F3N3O4S/c30-19-7-5-17(6-8-19)26-25(23-13-20(31)14-24(32)27(23)34-26)18-11-16(12-18)15-33-40(38,39)10-9-35-28(36)21-3-1-2-4-22(21)29(35)37/h1-8,13-14,16,18,28,33-34,36H,9-12,15H2. The van der Waals surface area contributed by atoms with Gasteiger partial charge in [-0.05, 0) is 72.2 Å². The van der Waals surface area contributed by atoms with Crippen molar-refractivity contribution in [3.8, 4) is 11.3 Å². The number of carbonyl (C=O) groups excluding carboxylic acids is 1. The Labute approximate surface area is 228 Å². The number of hydrogen-bond donors (Lipinski definition) is 3. The topological polar surface area (TPSA) is 102 Å². The smallest absolute Gasteiger partial charge is 0.256 e. The van der Waals surface area contributed by atoms with Crippen molar-refractivity contribution >= 4 is 26.8 Å². The number of sulfonamides is 1. The summed E-state index contributed by atoms with van der Waals surface area (Å²) in [5.41, 5.74) is 2.92. The van der Waals surface area contributed by atoms with Gasteiger partial charge in [0.05, 0.1) is 17.0 Å². The number of benzene rings is 3. The van der Waals surface area contributed by atoms with Gasteiger partial charge in [-0.25, -0.2) is 26.3 Å². The van der Waals surface area contributed by atoms with Crippen LogP contribution in [0.5, 0.6) is 0 Å². The predicted octanol–water partition coefficient (Wildman–Crippen LogP) is 4.81. The molecular weight excluding hydrogens is 543 g/mol. The van der Waals surface area contributed by atoms with Crippen molar-refractivity contribution in [3.05, 3.63) is 94.8 Å². The number of aliphatic hydroxyl groups excluding tert-OH is 1. The van der Waals surface area contributed by atoms with E-state index in [1.807, 2.05) is 0 Å². The van der Waals surface area contributed by atoms with Crippen LogP contribution in [0.15, 0.2) is 60.7 Å². The molecule has 208 valence electrons. The minimum atomic E-state index is -3.74. The van der Waals surface area contributed by atoms with Crippen LogP contribution in [0.3, 0.4) is 0 Å². The summed E-state index contributed by atoms with van der Waals surface area (Å²) in [5.74, 6) is -2.71. The van der Waals surface area contributed by atoms with E-state index in [4.69, 9.17) is 0 Å². The molecule has 6 rings (SSSR count). The number of rotatable bonds is 8. The average molecular weight is 570 g/mol. The van der Waals surface area contributed by atoms with Crippen LogP contribution in [0.4, 0.5) is 13.2 Å². The molecule has 1 saturated carbocycles. The highest BCUT2D eigenvalue weighted by molar-refractivity contribution is 7.89. The Balaban J connectivity index is 1.12. The van der Waals surface area contributed by atoms with Gasteiger partial charge in [-0.2, -0.15) is 0 Å².